The smallest absolute Gasteiger partial charge is 0.408 e. The van der Waals surface area contributed by atoms with Crippen LogP contribution in [0, 0.1) is 17.5 Å². The second-order valence-electron chi connectivity index (χ2n) is 6.96. The van der Waals surface area contributed by atoms with Crippen LogP contribution in [0.5, 0.6) is 0 Å². The second kappa shape index (κ2) is 7.03. The fourth-order valence-corrected chi connectivity index (χ4v) is 3.06. The first-order valence-corrected chi connectivity index (χ1v) is 7.82. The number of carbonyl (C=O) groups excluding carboxylic acids is 1. The van der Waals surface area contributed by atoms with E-state index in [0.29, 0.717) is 12.1 Å². The lowest BCUT2D eigenvalue weighted by Crippen LogP contribution is -2.54. The monoisotopic (exact) mass is 359 g/mol. The molecular formula is C17H20F3NO4. The van der Waals surface area contributed by atoms with E-state index < -0.39 is 41.2 Å². The van der Waals surface area contributed by atoms with Gasteiger partial charge in [0.05, 0.1) is 12.6 Å². The quantitative estimate of drug-likeness (QED) is 0.818. The van der Waals surface area contributed by atoms with Crippen molar-refractivity contribution in [1.29, 1.82) is 0 Å². The summed E-state index contributed by atoms with van der Waals surface area (Å²) in [5.74, 6) is -3.92. The van der Waals surface area contributed by atoms with E-state index in [2.05, 4.69) is 0 Å². The number of nitrogens with zero attached hydrogens (tertiary/aromatic N) is 1. The Kier molecular flexibility index (Phi) is 5.41. The van der Waals surface area contributed by atoms with Crippen LogP contribution in [-0.4, -0.2) is 40.1 Å². The summed E-state index contributed by atoms with van der Waals surface area (Å²) in [6, 6.07) is -0.0206. The van der Waals surface area contributed by atoms with Gasteiger partial charge in [-0.15, -0.1) is 0 Å². The van der Waals surface area contributed by atoms with Crippen molar-refractivity contribution in [2.24, 2.45) is 0 Å². The number of benzene rings is 1. The molecular weight excluding hydrogens is 339 g/mol. The van der Waals surface area contributed by atoms with E-state index in [1.165, 1.54) is 0 Å². The van der Waals surface area contributed by atoms with Gasteiger partial charge in [-0.25, -0.2) is 18.0 Å². The number of hydrogen-bond donors (Lipinski definition) is 1. The van der Waals surface area contributed by atoms with E-state index in [1.807, 2.05) is 0 Å². The molecule has 1 heterocycles. The molecule has 1 aliphatic heterocycles. The summed E-state index contributed by atoms with van der Waals surface area (Å²) in [4.78, 5) is 24.8. The Morgan fingerprint density at radius 3 is 2.36 bits per heavy atom. The molecule has 0 aliphatic carbocycles. The predicted molar refractivity (Wildman–Crippen MR) is 82.7 cm³/mol. The summed E-state index contributed by atoms with van der Waals surface area (Å²) in [5.41, 5.74) is -1.23. The van der Waals surface area contributed by atoms with E-state index in [1.54, 1.807) is 20.8 Å². The summed E-state index contributed by atoms with van der Waals surface area (Å²) in [7, 11) is 0. The van der Waals surface area contributed by atoms with Crippen molar-refractivity contribution in [2.75, 3.05) is 6.61 Å². The molecule has 2 atom stereocenters. The van der Waals surface area contributed by atoms with Crippen LogP contribution < -0.4 is 0 Å². The SMILES string of the molecule is CC(C)(C)N(C(=O)O)[C@H]1CC(=O)CCO[C@H]1c1cc(F)c(F)cc1F. The molecule has 1 N–H and O–H groups in total. The van der Waals surface area contributed by atoms with Gasteiger partial charge in [-0.3, -0.25) is 9.69 Å². The van der Waals surface area contributed by atoms with Crippen LogP contribution in [0.25, 0.3) is 0 Å². The molecule has 1 aromatic rings. The number of amides is 1. The normalized spacial score (nSPS) is 21.8. The van der Waals surface area contributed by atoms with Gasteiger partial charge in [0.15, 0.2) is 11.6 Å². The maximum absolute atomic E-state index is 14.2. The highest BCUT2D eigenvalue weighted by Gasteiger charge is 2.42. The Morgan fingerprint density at radius 2 is 1.80 bits per heavy atom. The fraction of sp³-hybridized carbons (Fsp3) is 0.529. The molecule has 1 fully saturated rings. The maximum atomic E-state index is 14.2. The average molecular weight is 359 g/mol. The lowest BCUT2D eigenvalue weighted by molar-refractivity contribution is -0.119. The lowest BCUT2D eigenvalue weighted by atomic mass is 9.92. The van der Waals surface area contributed by atoms with Crippen LogP contribution in [0.15, 0.2) is 12.1 Å². The number of carbonyl (C=O) groups is 2. The number of halogens is 3. The highest BCUT2D eigenvalue weighted by molar-refractivity contribution is 5.80. The van der Waals surface area contributed by atoms with E-state index >= 15 is 0 Å². The van der Waals surface area contributed by atoms with Crippen molar-refractivity contribution < 1.29 is 32.6 Å². The Labute approximate surface area is 143 Å². The number of Topliss-reactive ketones (excluding diaryl/α,β-unsaturated/α-hetero) is 1. The summed E-state index contributed by atoms with van der Waals surface area (Å²) >= 11 is 0. The van der Waals surface area contributed by atoms with Gasteiger partial charge in [-0.2, -0.15) is 0 Å². The molecule has 25 heavy (non-hydrogen) atoms. The molecule has 0 bridgehead atoms. The lowest BCUT2D eigenvalue weighted by Gasteiger charge is -2.42. The minimum atomic E-state index is -1.35. The van der Waals surface area contributed by atoms with Gasteiger partial charge in [0, 0.05) is 30.0 Å². The zero-order valence-electron chi connectivity index (χ0n) is 14.2. The molecule has 1 aliphatic rings. The number of ketones is 1. The second-order valence-corrected chi connectivity index (χ2v) is 6.96. The third-order valence-electron chi connectivity index (χ3n) is 4.07. The van der Waals surface area contributed by atoms with Crippen molar-refractivity contribution in [1.82, 2.24) is 4.90 Å². The molecule has 1 aromatic carbocycles. The van der Waals surface area contributed by atoms with Crippen molar-refractivity contribution in [3.05, 3.63) is 35.1 Å². The number of carboxylic acid groups (broad SMARTS) is 1. The van der Waals surface area contributed by atoms with Crippen molar-refractivity contribution >= 4 is 11.9 Å². The van der Waals surface area contributed by atoms with Crippen LogP contribution in [0.1, 0.15) is 45.3 Å². The minimum absolute atomic E-state index is 0.0376. The van der Waals surface area contributed by atoms with Gasteiger partial charge in [-0.1, -0.05) is 0 Å². The van der Waals surface area contributed by atoms with Crippen LogP contribution >= 0.6 is 0 Å². The molecule has 1 amide bonds. The molecule has 0 aromatic heterocycles. The zero-order chi connectivity index (χ0) is 18.9. The standard InChI is InChI=1S/C17H20F3NO4/c1-17(2,3)21(16(23)24)14-6-9(22)4-5-25-15(14)10-7-12(19)13(20)8-11(10)18/h7-8,14-15H,4-6H2,1-3H3,(H,23,24)/t14-,15-/m0/s1. The first-order chi connectivity index (χ1) is 11.5. The summed E-state index contributed by atoms with van der Waals surface area (Å²) in [6.07, 6.45) is -2.71. The van der Waals surface area contributed by atoms with Crippen molar-refractivity contribution in [3.63, 3.8) is 0 Å². The number of rotatable bonds is 2. The largest absolute Gasteiger partial charge is 0.465 e. The topological polar surface area (TPSA) is 66.8 Å². The van der Waals surface area contributed by atoms with E-state index in [0.717, 1.165) is 4.90 Å². The van der Waals surface area contributed by atoms with Crippen LogP contribution in [-0.2, 0) is 9.53 Å². The Bertz CT molecular complexity index is 687. The molecule has 1 saturated heterocycles. The molecule has 0 saturated carbocycles. The first-order valence-electron chi connectivity index (χ1n) is 7.82. The molecule has 8 heteroatoms. The summed E-state index contributed by atoms with van der Waals surface area (Å²) in [5, 5.41) is 9.60. The Balaban J connectivity index is 2.57. The summed E-state index contributed by atoms with van der Waals surface area (Å²) < 4.78 is 46.6. The van der Waals surface area contributed by atoms with Gasteiger partial charge >= 0.3 is 6.09 Å². The van der Waals surface area contributed by atoms with Gasteiger partial charge < -0.3 is 9.84 Å². The van der Waals surface area contributed by atoms with E-state index in [-0.39, 0.29) is 30.8 Å². The molecule has 0 radical (unpaired) electrons. The van der Waals surface area contributed by atoms with Crippen LogP contribution in [0.2, 0.25) is 0 Å². The Morgan fingerprint density at radius 1 is 1.20 bits per heavy atom. The Hall–Kier alpha value is -2.09. The number of ether oxygens (including phenoxy) is 1. The fourth-order valence-electron chi connectivity index (χ4n) is 3.06. The summed E-state index contributed by atoms with van der Waals surface area (Å²) in [6.45, 7) is 4.80. The first kappa shape index (κ1) is 19.2. The van der Waals surface area contributed by atoms with Crippen LogP contribution in [0.3, 0.4) is 0 Å². The van der Waals surface area contributed by atoms with E-state index in [9.17, 15) is 27.9 Å². The molecule has 2 rings (SSSR count). The molecule has 0 spiro atoms. The zero-order valence-corrected chi connectivity index (χ0v) is 14.2. The molecule has 138 valence electrons. The average Bonchev–Trinajstić information content (AvgIpc) is 2.63. The highest BCUT2D eigenvalue weighted by atomic mass is 19.2. The van der Waals surface area contributed by atoms with Gasteiger partial charge in [0.25, 0.3) is 0 Å². The minimum Gasteiger partial charge on any atom is -0.465 e. The number of hydrogen-bond acceptors (Lipinski definition) is 3. The molecule has 5 nitrogen and oxygen atoms in total. The van der Waals surface area contributed by atoms with Gasteiger partial charge in [-0.05, 0) is 26.8 Å². The van der Waals surface area contributed by atoms with Crippen molar-refractivity contribution in [2.45, 2.75) is 51.3 Å². The highest BCUT2D eigenvalue weighted by Crippen LogP contribution is 2.36. The van der Waals surface area contributed by atoms with Gasteiger partial charge in [0.1, 0.15) is 17.7 Å². The maximum Gasteiger partial charge on any atom is 0.408 e. The predicted octanol–water partition coefficient (Wildman–Crippen LogP) is 3.67. The third kappa shape index (κ3) is 4.12. The van der Waals surface area contributed by atoms with E-state index in [4.69, 9.17) is 4.74 Å². The van der Waals surface area contributed by atoms with Gasteiger partial charge in [0.2, 0.25) is 0 Å². The van der Waals surface area contributed by atoms with Crippen molar-refractivity contribution in [3.8, 4) is 0 Å². The molecule has 0 unspecified atom stereocenters. The third-order valence-corrected chi connectivity index (χ3v) is 4.07. The van der Waals surface area contributed by atoms with Crippen LogP contribution in [0.4, 0.5) is 18.0 Å².